The first-order valence-electron chi connectivity index (χ1n) is 10.6. The van der Waals surface area contributed by atoms with Crippen LogP contribution in [0.5, 0.6) is 5.75 Å². The Morgan fingerprint density at radius 3 is 2.87 bits per heavy atom. The molecule has 0 saturated carbocycles. The molecule has 4 heterocycles. The number of carbonyl (C=O) groups excluding carboxylic acids is 1. The second-order valence-electron chi connectivity index (χ2n) is 8.51. The van der Waals surface area contributed by atoms with Crippen LogP contribution in [-0.4, -0.2) is 59.9 Å². The second kappa shape index (κ2) is 7.76. The van der Waals surface area contributed by atoms with Gasteiger partial charge in [-0.1, -0.05) is 6.07 Å². The highest BCUT2D eigenvalue weighted by molar-refractivity contribution is 5.99. The lowest BCUT2D eigenvalue weighted by Gasteiger charge is -2.36. The molecule has 0 aliphatic carbocycles. The van der Waals surface area contributed by atoms with E-state index in [1.165, 1.54) is 4.90 Å². The molecule has 1 aromatic heterocycles. The van der Waals surface area contributed by atoms with Gasteiger partial charge in [0.1, 0.15) is 17.7 Å². The van der Waals surface area contributed by atoms with E-state index >= 15 is 4.39 Å². The van der Waals surface area contributed by atoms with E-state index in [4.69, 9.17) is 14.5 Å². The van der Waals surface area contributed by atoms with E-state index in [-0.39, 0.29) is 19.1 Å². The molecule has 1 N–H and O–H groups in total. The van der Waals surface area contributed by atoms with Crippen LogP contribution < -0.4 is 9.64 Å². The molecule has 164 valence electrons. The first-order chi connectivity index (χ1) is 15.0. The fourth-order valence-corrected chi connectivity index (χ4v) is 4.69. The van der Waals surface area contributed by atoms with E-state index in [0.29, 0.717) is 49.0 Å². The third kappa shape index (κ3) is 3.43. The highest BCUT2D eigenvalue weighted by Crippen LogP contribution is 2.35. The lowest BCUT2D eigenvalue weighted by atomic mass is 10.0. The molecular weight excluding hydrogens is 401 g/mol. The highest BCUT2D eigenvalue weighted by Gasteiger charge is 2.38. The Labute approximate surface area is 180 Å². The van der Waals surface area contributed by atoms with Crippen molar-refractivity contribution in [1.29, 1.82) is 0 Å². The first kappa shape index (κ1) is 20.2. The van der Waals surface area contributed by atoms with Crippen LogP contribution in [0.4, 0.5) is 10.2 Å². The number of pyridine rings is 1. The number of rotatable bonds is 4. The summed E-state index contributed by atoms with van der Waals surface area (Å²) in [6.45, 7) is 3.63. The summed E-state index contributed by atoms with van der Waals surface area (Å²) in [4.78, 5) is 20.5. The number of amides is 1. The number of carbonyl (C=O) groups is 1. The number of nitrogens with zero attached hydrogens (tertiary/aromatic N) is 3. The van der Waals surface area contributed by atoms with Crippen molar-refractivity contribution in [2.45, 2.75) is 44.9 Å². The van der Waals surface area contributed by atoms with Gasteiger partial charge in [0.2, 0.25) is 0 Å². The zero-order valence-corrected chi connectivity index (χ0v) is 17.7. The molecule has 2 aromatic rings. The standard InChI is InChI=1S/C23H26FN3O4/c1-13-7-17-21(19(10-28)26(2)23(17)29)25-22(13)27-6-5-20(18(24)9-27)31-16-4-3-14-11-30-12-15(14)8-16/h3-4,7-8,18-20,28H,5-6,9-12H2,1-2H3/t18-,19-,20?/m0/s1. The zero-order chi connectivity index (χ0) is 21.7. The Hall–Kier alpha value is -2.71. The van der Waals surface area contributed by atoms with Crippen molar-refractivity contribution in [3.8, 4) is 5.75 Å². The van der Waals surface area contributed by atoms with Crippen molar-refractivity contribution < 1.29 is 23.8 Å². The van der Waals surface area contributed by atoms with Crippen molar-refractivity contribution in [3.63, 3.8) is 0 Å². The normalized spacial score (nSPS) is 25.0. The molecule has 0 spiro atoms. The van der Waals surface area contributed by atoms with E-state index in [9.17, 15) is 9.90 Å². The molecule has 7 nitrogen and oxygen atoms in total. The summed E-state index contributed by atoms with van der Waals surface area (Å²) in [6, 6.07) is 7.13. The smallest absolute Gasteiger partial charge is 0.256 e. The second-order valence-corrected chi connectivity index (χ2v) is 8.51. The van der Waals surface area contributed by atoms with Crippen LogP contribution in [0.15, 0.2) is 24.3 Å². The summed E-state index contributed by atoms with van der Waals surface area (Å²) in [6.07, 6.45) is -1.18. The van der Waals surface area contributed by atoms with Crippen molar-refractivity contribution in [2.24, 2.45) is 0 Å². The number of ether oxygens (including phenoxy) is 2. The Balaban J connectivity index is 1.32. The fraction of sp³-hybridized carbons (Fsp3) is 0.478. The number of piperidine rings is 1. The van der Waals surface area contributed by atoms with Crippen molar-refractivity contribution in [1.82, 2.24) is 9.88 Å². The minimum atomic E-state index is -1.18. The summed E-state index contributed by atoms with van der Waals surface area (Å²) in [5.74, 6) is 1.19. The third-order valence-corrected chi connectivity index (χ3v) is 6.48. The predicted molar refractivity (Wildman–Crippen MR) is 112 cm³/mol. The van der Waals surface area contributed by atoms with E-state index < -0.39 is 18.3 Å². The maximum atomic E-state index is 15.1. The fourth-order valence-electron chi connectivity index (χ4n) is 4.69. The van der Waals surface area contributed by atoms with Crippen molar-refractivity contribution in [2.75, 3.05) is 31.6 Å². The molecule has 8 heteroatoms. The average molecular weight is 427 g/mol. The molecule has 1 amide bonds. The van der Waals surface area contributed by atoms with E-state index in [2.05, 4.69) is 0 Å². The number of anilines is 1. The molecule has 0 bridgehead atoms. The zero-order valence-electron chi connectivity index (χ0n) is 17.7. The van der Waals surface area contributed by atoms with Gasteiger partial charge in [-0.3, -0.25) is 4.79 Å². The molecular formula is C23H26FN3O4. The third-order valence-electron chi connectivity index (χ3n) is 6.48. The molecule has 1 fully saturated rings. The number of aromatic nitrogens is 1. The molecule has 3 aliphatic heterocycles. The lowest BCUT2D eigenvalue weighted by molar-refractivity contribution is 0.0714. The van der Waals surface area contributed by atoms with Gasteiger partial charge in [0.25, 0.3) is 5.91 Å². The van der Waals surface area contributed by atoms with Crippen LogP contribution in [0.25, 0.3) is 0 Å². The maximum absolute atomic E-state index is 15.1. The van der Waals surface area contributed by atoms with Gasteiger partial charge < -0.3 is 24.4 Å². The van der Waals surface area contributed by atoms with E-state index in [1.54, 1.807) is 13.1 Å². The average Bonchev–Trinajstić information content (AvgIpc) is 3.31. The Bertz CT molecular complexity index is 1030. The number of hydrogen-bond acceptors (Lipinski definition) is 6. The molecule has 3 atom stereocenters. The van der Waals surface area contributed by atoms with Gasteiger partial charge in [-0.25, -0.2) is 9.37 Å². The van der Waals surface area contributed by atoms with Gasteiger partial charge in [-0.05, 0) is 41.8 Å². The van der Waals surface area contributed by atoms with Gasteiger partial charge in [-0.15, -0.1) is 0 Å². The monoisotopic (exact) mass is 427 g/mol. The molecule has 5 rings (SSSR count). The molecule has 3 aliphatic rings. The molecule has 1 aromatic carbocycles. The van der Waals surface area contributed by atoms with E-state index in [0.717, 1.165) is 16.7 Å². The van der Waals surface area contributed by atoms with Gasteiger partial charge in [0.05, 0.1) is 43.7 Å². The van der Waals surface area contributed by atoms with Gasteiger partial charge in [-0.2, -0.15) is 0 Å². The van der Waals surface area contributed by atoms with Crippen molar-refractivity contribution >= 4 is 11.7 Å². The number of alkyl halides is 1. The summed E-state index contributed by atoms with van der Waals surface area (Å²) < 4.78 is 26.5. The van der Waals surface area contributed by atoms with Crippen LogP contribution in [0.2, 0.25) is 0 Å². The largest absolute Gasteiger partial charge is 0.487 e. The number of fused-ring (bicyclic) bond motifs is 2. The van der Waals surface area contributed by atoms with Gasteiger partial charge in [0.15, 0.2) is 6.17 Å². The number of likely N-dealkylation sites (N-methyl/N-ethyl adjacent to an activating group) is 1. The SMILES string of the molecule is Cc1cc2c(nc1N1CCC(Oc3ccc4c(c3)COC4)[C@@H](F)C1)[C@H](CO)N(C)C2=O. The molecule has 31 heavy (non-hydrogen) atoms. The quantitative estimate of drug-likeness (QED) is 0.808. The van der Waals surface area contributed by atoms with Gasteiger partial charge >= 0.3 is 0 Å². The van der Waals surface area contributed by atoms with Crippen LogP contribution in [0, 0.1) is 6.92 Å². The number of hydrogen-bond donors (Lipinski definition) is 1. The molecule has 0 radical (unpaired) electrons. The number of aliphatic hydroxyl groups excluding tert-OH is 1. The first-order valence-corrected chi connectivity index (χ1v) is 10.6. The lowest BCUT2D eigenvalue weighted by Crippen LogP contribution is -2.47. The summed E-state index contributed by atoms with van der Waals surface area (Å²) in [5, 5.41) is 9.71. The van der Waals surface area contributed by atoms with Crippen LogP contribution in [-0.2, 0) is 18.0 Å². The summed E-state index contributed by atoms with van der Waals surface area (Å²) >= 11 is 0. The Morgan fingerprint density at radius 2 is 2.10 bits per heavy atom. The van der Waals surface area contributed by atoms with Crippen LogP contribution in [0.3, 0.4) is 0 Å². The van der Waals surface area contributed by atoms with Crippen LogP contribution >= 0.6 is 0 Å². The van der Waals surface area contributed by atoms with E-state index in [1.807, 2.05) is 30.0 Å². The van der Waals surface area contributed by atoms with Gasteiger partial charge in [0, 0.05) is 20.0 Å². The topological polar surface area (TPSA) is 75.1 Å². The predicted octanol–water partition coefficient (Wildman–Crippen LogP) is 2.54. The number of aryl methyl sites for hydroxylation is 1. The summed E-state index contributed by atoms with van der Waals surface area (Å²) in [5.41, 5.74) is 4.15. The minimum Gasteiger partial charge on any atom is -0.487 e. The number of aliphatic hydroxyl groups is 1. The Kier molecular flexibility index (Phi) is 5.06. The molecule has 1 unspecified atom stereocenters. The number of benzene rings is 1. The van der Waals surface area contributed by atoms with Crippen molar-refractivity contribution in [3.05, 3.63) is 52.2 Å². The Morgan fingerprint density at radius 1 is 1.29 bits per heavy atom. The number of halogens is 1. The molecule has 1 saturated heterocycles. The maximum Gasteiger partial charge on any atom is 0.256 e. The minimum absolute atomic E-state index is 0.147. The highest BCUT2D eigenvalue weighted by atomic mass is 19.1. The van der Waals surface area contributed by atoms with Crippen LogP contribution in [0.1, 0.15) is 45.2 Å². The summed E-state index contributed by atoms with van der Waals surface area (Å²) in [7, 11) is 1.66.